The highest BCUT2D eigenvalue weighted by molar-refractivity contribution is 7.09. The molecular weight excluding hydrogens is 188 g/mol. The molecule has 1 aromatic heterocycles. The maximum atomic E-state index is 10.3. The lowest BCUT2D eigenvalue weighted by Gasteiger charge is -1.98. The Morgan fingerprint density at radius 1 is 1.77 bits per heavy atom. The zero-order valence-electron chi connectivity index (χ0n) is 7.61. The van der Waals surface area contributed by atoms with Crippen LogP contribution in [-0.4, -0.2) is 11.1 Å². The predicted molar refractivity (Wildman–Crippen MR) is 50.6 cm³/mol. The Morgan fingerprint density at radius 2 is 2.46 bits per heavy atom. The number of primary amides is 1. The molecule has 5 heteroatoms. The summed E-state index contributed by atoms with van der Waals surface area (Å²) in [6.07, 6.45) is -0.765. The van der Waals surface area contributed by atoms with Crippen molar-refractivity contribution in [1.29, 1.82) is 0 Å². The first kappa shape index (κ1) is 9.98. The van der Waals surface area contributed by atoms with Gasteiger partial charge in [0.25, 0.3) is 0 Å². The molecule has 0 atom stereocenters. The van der Waals surface area contributed by atoms with Crippen LogP contribution in [0.3, 0.4) is 0 Å². The zero-order chi connectivity index (χ0) is 9.84. The van der Waals surface area contributed by atoms with Crippen LogP contribution in [0.2, 0.25) is 0 Å². The van der Waals surface area contributed by atoms with Gasteiger partial charge in [-0.15, -0.1) is 11.3 Å². The van der Waals surface area contributed by atoms with Gasteiger partial charge in [-0.1, -0.05) is 13.8 Å². The van der Waals surface area contributed by atoms with Crippen molar-refractivity contribution in [2.75, 3.05) is 0 Å². The lowest BCUT2D eigenvalue weighted by Crippen LogP contribution is -2.12. The Kier molecular flexibility index (Phi) is 3.25. The van der Waals surface area contributed by atoms with Crippen LogP contribution >= 0.6 is 11.3 Å². The normalized spacial score (nSPS) is 10.4. The van der Waals surface area contributed by atoms with Gasteiger partial charge in [0, 0.05) is 11.3 Å². The summed E-state index contributed by atoms with van der Waals surface area (Å²) in [7, 11) is 0. The molecular formula is C8H12N2O2S. The molecule has 0 aliphatic carbocycles. The molecule has 1 heterocycles. The number of aromatic nitrogens is 1. The van der Waals surface area contributed by atoms with Gasteiger partial charge in [0.2, 0.25) is 0 Å². The van der Waals surface area contributed by atoms with Crippen molar-refractivity contribution < 1.29 is 9.53 Å². The highest BCUT2D eigenvalue weighted by atomic mass is 32.1. The van der Waals surface area contributed by atoms with E-state index in [2.05, 4.69) is 23.6 Å². The van der Waals surface area contributed by atoms with E-state index in [1.807, 2.05) is 5.38 Å². The van der Waals surface area contributed by atoms with Crippen LogP contribution in [0.4, 0.5) is 4.79 Å². The molecule has 0 fully saturated rings. The second-order valence-corrected chi connectivity index (χ2v) is 3.83. The first-order valence-corrected chi connectivity index (χ1v) is 4.84. The van der Waals surface area contributed by atoms with Gasteiger partial charge in [-0.05, 0) is 0 Å². The number of hydrogen-bond donors (Lipinski definition) is 1. The van der Waals surface area contributed by atoms with Gasteiger partial charge < -0.3 is 10.5 Å². The largest absolute Gasteiger partial charge is 0.443 e. The van der Waals surface area contributed by atoms with E-state index in [0.717, 1.165) is 10.7 Å². The average Bonchev–Trinajstić information content (AvgIpc) is 2.48. The minimum absolute atomic E-state index is 0.165. The maximum absolute atomic E-state index is 10.3. The van der Waals surface area contributed by atoms with Crippen molar-refractivity contribution in [3.8, 4) is 0 Å². The van der Waals surface area contributed by atoms with E-state index in [1.165, 1.54) is 0 Å². The summed E-state index contributed by atoms with van der Waals surface area (Å²) in [6.45, 7) is 4.30. The molecule has 2 N–H and O–H groups in total. The number of nitrogens with two attached hydrogens (primary N) is 1. The van der Waals surface area contributed by atoms with Gasteiger partial charge >= 0.3 is 6.09 Å². The number of nitrogens with zero attached hydrogens (tertiary/aromatic N) is 1. The molecule has 0 saturated heterocycles. The molecule has 0 unspecified atom stereocenters. The SMILES string of the molecule is CC(C)c1nc(COC(N)=O)cs1. The lowest BCUT2D eigenvalue weighted by atomic mass is 10.2. The van der Waals surface area contributed by atoms with Crippen LogP contribution in [0, 0.1) is 0 Å². The zero-order valence-corrected chi connectivity index (χ0v) is 8.43. The van der Waals surface area contributed by atoms with Gasteiger partial charge in [-0.2, -0.15) is 0 Å². The van der Waals surface area contributed by atoms with E-state index >= 15 is 0 Å². The van der Waals surface area contributed by atoms with Crippen LogP contribution in [0.1, 0.15) is 30.5 Å². The number of rotatable bonds is 3. The van der Waals surface area contributed by atoms with Crippen LogP contribution in [-0.2, 0) is 11.3 Å². The predicted octanol–water partition coefficient (Wildman–Crippen LogP) is 1.86. The molecule has 1 aromatic rings. The van der Waals surface area contributed by atoms with Crippen molar-refractivity contribution in [1.82, 2.24) is 4.98 Å². The topological polar surface area (TPSA) is 65.2 Å². The quantitative estimate of drug-likeness (QED) is 0.809. The third-order valence-corrected chi connectivity index (χ3v) is 2.62. The summed E-state index contributed by atoms with van der Waals surface area (Å²) in [5, 5.41) is 2.92. The molecule has 0 aliphatic rings. The van der Waals surface area contributed by atoms with Crippen molar-refractivity contribution in [3.05, 3.63) is 16.1 Å². The summed E-state index contributed by atoms with van der Waals surface area (Å²) in [4.78, 5) is 14.6. The molecule has 13 heavy (non-hydrogen) atoms. The number of carbonyl (C=O) groups is 1. The number of thiazole rings is 1. The summed E-state index contributed by atoms with van der Waals surface area (Å²) < 4.78 is 4.60. The van der Waals surface area contributed by atoms with Crippen LogP contribution in [0.5, 0.6) is 0 Å². The number of hydrogen-bond acceptors (Lipinski definition) is 4. The molecule has 0 aliphatic heterocycles. The Balaban J connectivity index is 2.54. The summed E-state index contributed by atoms with van der Waals surface area (Å²) in [5.41, 5.74) is 5.58. The standard InChI is InChI=1S/C8H12N2O2S/c1-5(2)7-10-6(4-13-7)3-12-8(9)11/h4-5H,3H2,1-2H3,(H2,9,11). The number of carbonyl (C=O) groups excluding carboxylic acids is 1. The van der Waals surface area contributed by atoms with Crippen LogP contribution < -0.4 is 5.73 Å². The first-order chi connectivity index (χ1) is 6.09. The maximum Gasteiger partial charge on any atom is 0.404 e. The summed E-state index contributed by atoms with van der Waals surface area (Å²) in [5.74, 6) is 0.410. The van der Waals surface area contributed by atoms with Crippen LogP contribution in [0.25, 0.3) is 0 Å². The fourth-order valence-electron chi connectivity index (χ4n) is 0.799. The van der Waals surface area contributed by atoms with E-state index in [1.54, 1.807) is 11.3 Å². The van der Waals surface area contributed by atoms with Gasteiger partial charge in [0.05, 0.1) is 10.7 Å². The molecule has 72 valence electrons. The highest BCUT2D eigenvalue weighted by Gasteiger charge is 2.06. The van der Waals surface area contributed by atoms with E-state index < -0.39 is 6.09 Å². The molecule has 1 amide bonds. The lowest BCUT2D eigenvalue weighted by molar-refractivity contribution is 0.149. The number of ether oxygens (including phenoxy) is 1. The van der Waals surface area contributed by atoms with E-state index in [9.17, 15) is 4.79 Å². The fraction of sp³-hybridized carbons (Fsp3) is 0.500. The molecule has 0 spiro atoms. The van der Waals surface area contributed by atoms with Crippen molar-refractivity contribution in [2.24, 2.45) is 5.73 Å². The molecule has 0 aromatic carbocycles. The first-order valence-electron chi connectivity index (χ1n) is 3.96. The summed E-state index contributed by atoms with van der Waals surface area (Å²) >= 11 is 1.57. The second-order valence-electron chi connectivity index (χ2n) is 2.94. The fourth-order valence-corrected chi connectivity index (χ4v) is 1.62. The third-order valence-electron chi connectivity index (χ3n) is 1.43. The van der Waals surface area contributed by atoms with Gasteiger partial charge in [-0.3, -0.25) is 0 Å². The van der Waals surface area contributed by atoms with Crippen molar-refractivity contribution in [3.63, 3.8) is 0 Å². The van der Waals surface area contributed by atoms with E-state index in [0.29, 0.717) is 5.92 Å². The Morgan fingerprint density at radius 3 is 2.92 bits per heavy atom. The van der Waals surface area contributed by atoms with E-state index in [4.69, 9.17) is 5.73 Å². The third kappa shape index (κ3) is 3.02. The van der Waals surface area contributed by atoms with Crippen molar-refractivity contribution >= 4 is 17.4 Å². The Labute approximate surface area is 80.7 Å². The van der Waals surface area contributed by atoms with Gasteiger partial charge in [-0.25, -0.2) is 9.78 Å². The van der Waals surface area contributed by atoms with Crippen molar-refractivity contribution in [2.45, 2.75) is 26.4 Å². The second kappa shape index (κ2) is 4.23. The molecule has 0 saturated carbocycles. The highest BCUT2D eigenvalue weighted by Crippen LogP contribution is 2.19. The average molecular weight is 200 g/mol. The monoisotopic (exact) mass is 200 g/mol. The molecule has 4 nitrogen and oxygen atoms in total. The van der Waals surface area contributed by atoms with Crippen LogP contribution in [0.15, 0.2) is 5.38 Å². The minimum Gasteiger partial charge on any atom is -0.443 e. The minimum atomic E-state index is -0.765. The Bertz CT molecular complexity index is 296. The van der Waals surface area contributed by atoms with Gasteiger partial charge in [0.1, 0.15) is 6.61 Å². The molecule has 1 rings (SSSR count). The Hall–Kier alpha value is -1.10. The van der Waals surface area contributed by atoms with Gasteiger partial charge in [0.15, 0.2) is 0 Å². The molecule has 0 radical (unpaired) electrons. The molecule has 0 bridgehead atoms. The number of amides is 1. The smallest absolute Gasteiger partial charge is 0.404 e. The van der Waals surface area contributed by atoms with E-state index in [-0.39, 0.29) is 6.61 Å². The summed E-state index contributed by atoms with van der Waals surface area (Å²) in [6, 6.07) is 0.